The van der Waals surface area contributed by atoms with Gasteiger partial charge in [0.25, 0.3) is 0 Å². The molecule has 0 spiro atoms. The fraction of sp³-hybridized carbons (Fsp3) is 0.500. The van der Waals surface area contributed by atoms with Gasteiger partial charge < -0.3 is 10.1 Å². The number of amides is 1. The van der Waals surface area contributed by atoms with Crippen molar-refractivity contribution < 1.29 is 14.3 Å². The number of carbonyl (C=O) groups excluding carboxylic acids is 2. The van der Waals surface area contributed by atoms with Crippen LogP contribution in [0.2, 0.25) is 5.02 Å². The lowest BCUT2D eigenvalue weighted by atomic mass is 9.96. The summed E-state index contributed by atoms with van der Waals surface area (Å²) in [5.74, 6) is -0.370. The summed E-state index contributed by atoms with van der Waals surface area (Å²) in [6.07, 6.45) is 1.39. The molecule has 6 nitrogen and oxygen atoms in total. The number of rotatable bonds is 5. The van der Waals surface area contributed by atoms with Gasteiger partial charge >= 0.3 is 5.97 Å². The SMILES string of the molecule is CCOC(=O)C1CCN([C@@H](C)C(=O)Nc2ccc(C#N)c(Cl)c2)CC1. The molecule has 1 saturated heterocycles. The van der Waals surface area contributed by atoms with Crippen LogP contribution in [0, 0.1) is 17.2 Å². The van der Waals surface area contributed by atoms with Crippen molar-refractivity contribution in [2.24, 2.45) is 5.92 Å². The lowest BCUT2D eigenvalue weighted by molar-refractivity contribution is -0.149. The maximum Gasteiger partial charge on any atom is 0.309 e. The zero-order valence-corrected chi connectivity index (χ0v) is 15.2. The molecule has 1 atom stereocenters. The third-order valence-corrected chi connectivity index (χ3v) is 4.75. The third kappa shape index (κ3) is 4.94. The minimum atomic E-state index is -0.322. The Bertz CT molecular complexity index is 679. The lowest BCUT2D eigenvalue weighted by Crippen LogP contribution is -2.47. The first-order valence-electron chi connectivity index (χ1n) is 8.37. The largest absolute Gasteiger partial charge is 0.466 e. The topological polar surface area (TPSA) is 82.4 Å². The predicted octanol–water partition coefficient (Wildman–Crippen LogP) is 2.81. The van der Waals surface area contributed by atoms with Crippen molar-refractivity contribution in [1.29, 1.82) is 5.26 Å². The molecule has 1 aromatic rings. The van der Waals surface area contributed by atoms with E-state index in [2.05, 4.69) is 10.2 Å². The molecular formula is C18H22ClN3O3. The van der Waals surface area contributed by atoms with Crippen LogP contribution >= 0.6 is 11.6 Å². The van der Waals surface area contributed by atoms with Crippen molar-refractivity contribution in [1.82, 2.24) is 4.90 Å². The summed E-state index contributed by atoms with van der Waals surface area (Å²) >= 11 is 5.98. The highest BCUT2D eigenvalue weighted by atomic mass is 35.5. The Balaban J connectivity index is 1.90. The molecule has 134 valence electrons. The van der Waals surface area contributed by atoms with Crippen LogP contribution in [0.15, 0.2) is 18.2 Å². The number of esters is 1. The summed E-state index contributed by atoms with van der Waals surface area (Å²) in [6.45, 7) is 5.38. The van der Waals surface area contributed by atoms with E-state index in [1.54, 1.807) is 25.1 Å². The Morgan fingerprint density at radius 1 is 1.44 bits per heavy atom. The van der Waals surface area contributed by atoms with Gasteiger partial charge in [0.2, 0.25) is 5.91 Å². The minimum Gasteiger partial charge on any atom is -0.466 e. The summed E-state index contributed by atoms with van der Waals surface area (Å²) in [6, 6.07) is 6.46. The first-order valence-corrected chi connectivity index (χ1v) is 8.75. The van der Waals surface area contributed by atoms with Gasteiger partial charge in [-0.05, 0) is 58.0 Å². The molecule has 1 amide bonds. The Labute approximate surface area is 152 Å². The molecule has 0 unspecified atom stereocenters. The highest BCUT2D eigenvalue weighted by Crippen LogP contribution is 2.23. The maximum atomic E-state index is 12.4. The number of likely N-dealkylation sites (tertiary alicyclic amines) is 1. The number of hydrogen-bond donors (Lipinski definition) is 1. The Morgan fingerprint density at radius 2 is 2.12 bits per heavy atom. The number of hydrogen-bond acceptors (Lipinski definition) is 5. The number of nitrogens with one attached hydrogen (secondary N) is 1. The number of anilines is 1. The number of ether oxygens (including phenoxy) is 1. The van der Waals surface area contributed by atoms with Crippen LogP contribution in [0.5, 0.6) is 0 Å². The van der Waals surface area contributed by atoms with E-state index in [-0.39, 0.29) is 23.8 Å². The molecule has 1 heterocycles. The molecule has 1 aliphatic rings. The van der Waals surface area contributed by atoms with E-state index in [0.29, 0.717) is 48.8 Å². The second kappa shape index (κ2) is 8.84. The van der Waals surface area contributed by atoms with Crippen LogP contribution < -0.4 is 5.32 Å². The molecule has 1 aromatic carbocycles. The fourth-order valence-electron chi connectivity index (χ4n) is 2.88. The van der Waals surface area contributed by atoms with E-state index in [1.807, 2.05) is 13.0 Å². The molecule has 2 rings (SSSR count). The molecular weight excluding hydrogens is 342 g/mol. The predicted molar refractivity (Wildman–Crippen MR) is 95.2 cm³/mol. The quantitative estimate of drug-likeness (QED) is 0.813. The summed E-state index contributed by atoms with van der Waals surface area (Å²) < 4.78 is 5.06. The van der Waals surface area contributed by atoms with Crippen molar-refractivity contribution in [3.63, 3.8) is 0 Å². The number of benzene rings is 1. The summed E-state index contributed by atoms with van der Waals surface area (Å²) in [7, 11) is 0. The number of nitrogens with zero attached hydrogens (tertiary/aromatic N) is 2. The minimum absolute atomic E-state index is 0.0798. The third-order valence-electron chi connectivity index (χ3n) is 4.43. The van der Waals surface area contributed by atoms with Crippen LogP contribution in [-0.2, 0) is 14.3 Å². The first-order chi connectivity index (χ1) is 12.0. The highest BCUT2D eigenvalue weighted by Gasteiger charge is 2.30. The average molecular weight is 364 g/mol. The van der Waals surface area contributed by atoms with E-state index < -0.39 is 0 Å². The number of nitriles is 1. The molecule has 1 N–H and O–H groups in total. The van der Waals surface area contributed by atoms with Crippen molar-refractivity contribution in [3.8, 4) is 6.07 Å². The first kappa shape index (κ1) is 19.2. The van der Waals surface area contributed by atoms with Gasteiger partial charge in [-0.3, -0.25) is 14.5 Å². The standard InChI is InChI=1S/C18H22ClN3O3/c1-3-25-18(24)13-6-8-22(9-7-13)12(2)17(23)21-15-5-4-14(11-20)16(19)10-15/h4-5,10,12-13H,3,6-9H2,1-2H3,(H,21,23)/t12-/m0/s1. The zero-order valence-electron chi connectivity index (χ0n) is 14.4. The Morgan fingerprint density at radius 3 is 2.68 bits per heavy atom. The van der Waals surface area contributed by atoms with Crippen molar-refractivity contribution >= 4 is 29.2 Å². The van der Waals surface area contributed by atoms with Gasteiger partial charge in [0, 0.05) is 5.69 Å². The Kier molecular flexibility index (Phi) is 6.80. The van der Waals surface area contributed by atoms with E-state index >= 15 is 0 Å². The second-order valence-electron chi connectivity index (χ2n) is 6.03. The molecule has 0 saturated carbocycles. The zero-order chi connectivity index (χ0) is 18.4. The van der Waals surface area contributed by atoms with Crippen molar-refractivity contribution in [2.45, 2.75) is 32.7 Å². The van der Waals surface area contributed by atoms with E-state index in [9.17, 15) is 9.59 Å². The molecule has 1 aliphatic heterocycles. The molecule has 25 heavy (non-hydrogen) atoms. The number of halogens is 1. The number of piperidine rings is 1. The van der Waals surface area contributed by atoms with Gasteiger partial charge in [-0.25, -0.2) is 0 Å². The van der Waals surface area contributed by atoms with E-state index in [4.69, 9.17) is 21.6 Å². The van der Waals surface area contributed by atoms with Gasteiger partial charge in [-0.2, -0.15) is 5.26 Å². The van der Waals surface area contributed by atoms with Gasteiger partial charge in [0.15, 0.2) is 0 Å². The van der Waals surface area contributed by atoms with Crippen LogP contribution in [-0.4, -0.2) is 42.5 Å². The lowest BCUT2D eigenvalue weighted by Gasteiger charge is -2.34. The van der Waals surface area contributed by atoms with Gasteiger partial charge in [-0.15, -0.1) is 0 Å². The van der Waals surface area contributed by atoms with E-state index in [0.717, 1.165) is 0 Å². The normalized spacial score (nSPS) is 16.7. The van der Waals surface area contributed by atoms with Crippen molar-refractivity contribution in [2.75, 3.05) is 25.0 Å². The summed E-state index contributed by atoms with van der Waals surface area (Å²) in [5, 5.41) is 12.0. The molecule has 1 fully saturated rings. The molecule has 0 aromatic heterocycles. The van der Waals surface area contributed by atoms with Crippen LogP contribution in [0.4, 0.5) is 5.69 Å². The van der Waals surface area contributed by atoms with Crippen LogP contribution in [0.25, 0.3) is 0 Å². The van der Waals surface area contributed by atoms with Gasteiger partial charge in [0.1, 0.15) is 6.07 Å². The highest BCUT2D eigenvalue weighted by molar-refractivity contribution is 6.32. The molecule has 0 aliphatic carbocycles. The van der Waals surface area contributed by atoms with Crippen LogP contribution in [0.3, 0.4) is 0 Å². The van der Waals surface area contributed by atoms with Crippen molar-refractivity contribution in [3.05, 3.63) is 28.8 Å². The molecule has 0 radical (unpaired) electrons. The smallest absolute Gasteiger partial charge is 0.309 e. The monoisotopic (exact) mass is 363 g/mol. The second-order valence-corrected chi connectivity index (χ2v) is 6.44. The van der Waals surface area contributed by atoms with Gasteiger partial charge in [-0.1, -0.05) is 11.6 Å². The van der Waals surface area contributed by atoms with E-state index in [1.165, 1.54) is 0 Å². The van der Waals surface area contributed by atoms with Crippen LogP contribution in [0.1, 0.15) is 32.3 Å². The summed E-state index contributed by atoms with van der Waals surface area (Å²) in [4.78, 5) is 26.3. The average Bonchev–Trinajstić information content (AvgIpc) is 2.61. The fourth-order valence-corrected chi connectivity index (χ4v) is 3.10. The molecule has 0 bridgehead atoms. The van der Waals surface area contributed by atoms with Gasteiger partial charge in [0.05, 0.1) is 29.2 Å². The maximum absolute atomic E-state index is 12.4. The Hall–Kier alpha value is -2.10. The number of carbonyl (C=O) groups is 2. The summed E-state index contributed by atoms with van der Waals surface area (Å²) in [5.41, 5.74) is 0.927. The molecule has 7 heteroatoms.